The van der Waals surface area contributed by atoms with Gasteiger partial charge in [-0.05, 0) is 42.9 Å². The molecule has 0 aliphatic rings. The first-order valence-corrected chi connectivity index (χ1v) is 5.43. The standard InChI is InChI=1S/C10H13ClS/c1-8(4-3-5-11)10-6-9(2)12-7-10/h4,6-7H,3,5H2,1-2H3. The minimum absolute atomic E-state index is 0.709. The molecular formula is C10H13ClS. The molecule has 66 valence electrons. The zero-order chi connectivity index (χ0) is 8.97. The lowest BCUT2D eigenvalue weighted by molar-refractivity contribution is 1.23. The van der Waals surface area contributed by atoms with Crippen LogP contribution in [-0.2, 0) is 0 Å². The van der Waals surface area contributed by atoms with Crippen LogP contribution in [0.25, 0.3) is 5.57 Å². The van der Waals surface area contributed by atoms with E-state index in [4.69, 9.17) is 11.6 Å². The Balaban J connectivity index is 2.70. The van der Waals surface area contributed by atoms with Gasteiger partial charge < -0.3 is 0 Å². The van der Waals surface area contributed by atoms with E-state index in [0.717, 1.165) is 6.42 Å². The van der Waals surface area contributed by atoms with Crippen molar-refractivity contribution in [2.24, 2.45) is 0 Å². The monoisotopic (exact) mass is 200 g/mol. The quantitative estimate of drug-likeness (QED) is 0.645. The Morgan fingerprint density at radius 2 is 2.42 bits per heavy atom. The molecule has 2 heteroatoms. The maximum absolute atomic E-state index is 5.60. The van der Waals surface area contributed by atoms with Crippen LogP contribution >= 0.6 is 22.9 Å². The molecule has 12 heavy (non-hydrogen) atoms. The van der Waals surface area contributed by atoms with E-state index in [1.807, 2.05) is 0 Å². The zero-order valence-electron chi connectivity index (χ0n) is 7.43. The molecule has 1 aromatic rings. The van der Waals surface area contributed by atoms with Gasteiger partial charge in [0.15, 0.2) is 0 Å². The number of halogens is 1. The Kier molecular flexibility index (Phi) is 3.83. The Morgan fingerprint density at radius 3 is 2.92 bits per heavy atom. The van der Waals surface area contributed by atoms with Gasteiger partial charge in [0.25, 0.3) is 0 Å². The fraction of sp³-hybridized carbons (Fsp3) is 0.400. The van der Waals surface area contributed by atoms with Crippen LogP contribution in [0.15, 0.2) is 17.5 Å². The third-order valence-electron chi connectivity index (χ3n) is 1.75. The Hall–Kier alpha value is -0.270. The summed E-state index contributed by atoms with van der Waals surface area (Å²) < 4.78 is 0. The van der Waals surface area contributed by atoms with E-state index in [1.54, 1.807) is 11.3 Å². The molecule has 1 rings (SSSR count). The molecule has 1 heterocycles. The van der Waals surface area contributed by atoms with E-state index < -0.39 is 0 Å². The summed E-state index contributed by atoms with van der Waals surface area (Å²) in [6.07, 6.45) is 3.15. The van der Waals surface area contributed by atoms with E-state index in [2.05, 4.69) is 31.4 Å². The molecule has 0 N–H and O–H groups in total. The van der Waals surface area contributed by atoms with Crippen molar-refractivity contribution in [1.82, 2.24) is 0 Å². The average molecular weight is 201 g/mol. The van der Waals surface area contributed by atoms with Crippen LogP contribution in [0.4, 0.5) is 0 Å². The molecule has 0 saturated carbocycles. The number of allylic oxidation sites excluding steroid dienone is 2. The summed E-state index contributed by atoms with van der Waals surface area (Å²) in [7, 11) is 0. The highest BCUT2D eigenvalue weighted by molar-refractivity contribution is 7.10. The second kappa shape index (κ2) is 4.68. The summed E-state index contributed by atoms with van der Waals surface area (Å²) in [6, 6.07) is 2.21. The van der Waals surface area contributed by atoms with Crippen molar-refractivity contribution < 1.29 is 0 Å². The molecule has 0 atom stereocenters. The molecule has 1 aromatic heterocycles. The fourth-order valence-electron chi connectivity index (χ4n) is 1.04. The summed E-state index contributed by atoms with van der Waals surface area (Å²) in [5.74, 6) is 0.709. The summed E-state index contributed by atoms with van der Waals surface area (Å²) in [5.41, 5.74) is 2.67. The largest absolute Gasteiger partial charge is 0.149 e. The Bertz CT molecular complexity index is 273. The third kappa shape index (κ3) is 2.65. The SMILES string of the molecule is CC(=CCCCl)c1csc(C)c1. The van der Waals surface area contributed by atoms with E-state index in [9.17, 15) is 0 Å². The Morgan fingerprint density at radius 1 is 1.67 bits per heavy atom. The molecule has 0 aromatic carbocycles. The van der Waals surface area contributed by atoms with Gasteiger partial charge in [-0.2, -0.15) is 0 Å². The molecule has 0 radical (unpaired) electrons. The first-order chi connectivity index (χ1) is 5.74. The maximum atomic E-state index is 5.60. The highest BCUT2D eigenvalue weighted by atomic mass is 35.5. The molecule has 0 aliphatic carbocycles. The van der Waals surface area contributed by atoms with Crippen LogP contribution in [-0.4, -0.2) is 5.88 Å². The van der Waals surface area contributed by atoms with Gasteiger partial charge in [-0.15, -0.1) is 22.9 Å². The van der Waals surface area contributed by atoms with Crippen molar-refractivity contribution in [2.75, 3.05) is 5.88 Å². The van der Waals surface area contributed by atoms with E-state index in [0.29, 0.717) is 5.88 Å². The van der Waals surface area contributed by atoms with Gasteiger partial charge in [0.1, 0.15) is 0 Å². The average Bonchev–Trinajstić information content (AvgIpc) is 2.47. The van der Waals surface area contributed by atoms with Crippen molar-refractivity contribution in [2.45, 2.75) is 20.3 Å². The van der Waals surface area contributed by atoms with Crippen LogP contribution in [0.1, 0.15) is 23.8 Å². The lowest BCUT2D eigenvalue weighted by Gasteiger charge is -1.94. The van der Waals surface area contributed by atoms with Crippen LogP contribution in [0, 0.1) is 6.92 Å². The van der Waals surface area contributed by atoms with Gasteiger partial charge in [-0.1, -0.05) is 6.08 Å². The molecule has 0 aliphatic heterocycles. The molecule has 0 saturated heterocycles. The van der Waals surface area contributed by atoms with Crippen LogP contribution in [0.5, 0.6) is 0 Å². The summed E-state index contributed by atoms with van der Waals surface area (Å²) in [5, 5.41) is 2.19. The molecule has 0 fully saturated rings. The van der Waals surface area contributed by atoms with Crippen molar-refractivity contribution in [3.05, 3.63) is 28.0 Å². The predicted molar refractivity (Wildman–Crippen MR) is 58.0 cm³/mol. The van der Waals surface area contributed by atoms with Gasteiger partial charge in [0.2, 0.25) is 0 Å². The number of hydrogen-bond acceptors (Lipinski definition) is 1. The number of thiophene rings is 1. The normalized spacial score (nSPS) is 12.1. The third-order valence-corrected chi connectivity index (χ3v) is 2.83. The van der Waals surface area contributed by atoms with Crippen LogP contribution in [0.2, 0.25) is 0 Å². The number of hydrogen-bond donors (Lipinski definition) is 0. The highest BCUT2D eigenvalue weighted by Crippen LogP contribution is 2.21. The number of alkyl halides is 1. The van der Waals surface area contributed by atoms with Gasteiger partial charge in [0, 0.05) is 10.8 Å². The highest BCUT2D eigenvalue weighted by Gasteiger charge is 1.96. The lowest BCUT2D eigenvalue weighted by atomic mass is 10.1. The van der Waals surface area contributed by atoms with Gasteiger partial charge in [0.05, 0.1) is 0 Å². The summed E-state index contributed by atoms with van der Waals surface area (Å²) >= 11 is 7.39. The van der Waals surface area contributed by atoms with Crippen molar-refractivity contribution >= 4 is 28.5 Å². The molecule has 0 bridgehead atoms. The van der Waals surface area contributed by atoms with Gasteiger partial charge in [-0.25, -0.2) is 0 Å². The number of rotatable bonds is 3. The lowest BCUT2D eigenvalue weighted by Crippen LogP contribution is -1.75. The van der Waals surface area contributed by atoms with Crippen LogP contribution < -0.4 is 0 Å². The minimum Gasteiger partial charge on any atom is -0.149 e. The van der Waals surface area contributed by atoms with Crippen molar-refractivity contribution in [3.63, 3.8) is 0 Å². The van der Waals surface area contributed by atoms with Crippen molar-refractivity contribution in [1.29, 1.82) is 0 Å². The minimum atomic E-state index is 0.709. The second-order valence-corrected chi connectivity index (χ2v) is 4.30. The Labute approximate surface area is 82.9 Å². The summed E-state index contributed by atoms with van der Waals surface area (Å²) in [6.45, 7) is 4.26. The molecule has 0 nitrogen and oxygen atoms in total. The molecule has 0 amide bonds. The summed E-state index contributed by atoms with van der Waals surface area (Å²) in [4.78, 5) is 1.36. The van der Waals surface area contributed by atoms with E-state index >= 15 is 0 Å². The topological polar surface area (TPSA) is 0 Å². The zero-order valence-corrected chi connectivity index (χ0v) is 9.00. The maximum Gasteiger partial charge on any atom is 0.0258 e. The molecular weight excluding hydrogens is 188 g/mol. The van der Waals surface area contributed by atoms with E-state index in [-0.39, 0.29) is 0 Å². The van der Waals surface area contributed by atoms with Crippen molar-refractivity contribution in [3.8, 4) is 0 Å². The van der Waals surface area contributed by atoms with Gasteiger partial charge in [-0.3, -0.25) is 0 Å². The van der Waals surface area contributed by atoms with Gasteiger partial charge >= 0.3 is 0 Å². The van der Waals surface area contributed by atoms with E-state index in [1.165, 1.54) is 16.0 Å². The molecule has 0 unspecified atom stereocenters. The second-order valence-electron chi connectivity index (χ2n) is 2.81. The molecule has 0 spiro atoms. The first kappa shape index (κ1) is 9.82. The first-order valence-electron chi connectivity index (χ1n) is 4.02. The number of aryl methyl sites for hydroxylation is 1. The smallest absolute Gasteiger partial charge is 0.0258 e. The van der Waals surface area contributed by atoms with Crippen LogP contribution in [0.3, 0.4) is 0 Å². The predicted octanol–water partition coefficient (Wildman–Crippen LogP) is 4.09. The fourth-order valence-corrected chi connectivity index (χ4v) is 1.91.